The number of amides is 1. The predicted octanol–water partition coefficient (Wildman–Crippen LogP) is 3.57. The van der Waals surface area contributed by atoms with Crippen LogP contribution in [0.3, 0.4) is 0 Å². The second-order valence-electron chi connectivity index (χ2n) is 5.20. The maximum atomic E-state index is 13.3. The second kappa shape index (κ2) is 6.98. The fourth-order valence-electron chi connectivity index (χ4n) is 2.55. The van der Waals surface area contributed by atoms with Gasteiger partial charge in [0.2, 0.25) is 0 Å². The number of nitrogens with zero attached hydrogens (tertiary/aromatic N) is 1. The van der Waals surface area contributed by atoms with Crippen LogP contribution >= 0.6 is 11.6 Å². The number of halogens is 2. The first-order valence-corrected chi connectivity index (χ1v) is 7.71. The molecule has 2 aromatic carbocycles. The molecule has 0 aliphatic carbocycles. The van der Waals surface area contributed by atoms with Crippen LogP contribution < -0.4 is 10.2 Å². The molecule has 1 amide bonds. The van der Waals surface area contributed by atoms with Crippen LogP contribution in [0.15, 0.2) is 42.5 Å². The minimum Gasteiger partial charge on any atom is -0.378 e. The van der Waals surface area contributed by atoms with Gasteiger partial charge in [-0.3, -0.25) is 4.79 Å². The van der Waals surface area contributed by atoms with E-state index in [1.54, 1.807) is 24.3 Å². The average molecular weight is 335 g/mol. The zero-order valence-corrected chi connectivity index (χ0v) is 13.1. The van der Waals surface area contributed by atoms with Gasteiger partial charge in [-0.15, -0.1) is 0 Å². The van der Waals surface area contributed by atoms with Crippen LogP contribution in [-0.2, 0) is 4.74 Å². The van der Waals surface area contributed by atoms with E-state index in [0.717, 1.165) is 5.69 Å². The first kappa shape index (κ1) is 15.8. The highest BCUT2D eigenvalue weighted by molar-refractivity contribution is 6.34. The number of benzene rings is 2. The lowest BCUT2D eigenvalue weighted by molar-refractivity contribution is 0.102. The molecule has 2 aromatic rings. The van der Waals surface area contributed by atoms with Crippen LogP contribution in [0, 0.1) is 5.82 Å². The van der Waals surface area contributed by atoms with E-state index in [2.05, 4.69) is 10.2 Å². The topological polar surface area (TPSA) is 41.6 Å². The molecule has 0 bridgehead atoms. The van der Waals surface area contributed by atoms with E-state index in [4.69, 9.17) is 16.3 Å². The van der Waals surface area contributed by atoms with Crippen molar-refractivity contribution in [2.45, 2.75) is 0 Å². The number of hydrogen-bond acceptors (Lipinski definition) is 3. The lowest BCUT2D eigenvalue weighted by atomic mass is 10.2. The lowest BCUT2D eigenvalue weighted by Gasteiger charge is -2.31. The van der Waals surface area contributed by atoms with Gasteiger partial charge in [-0.2, -0.15) is 0 Å². The van der Waals surface area contributed by atoms with E-state index in [0.29, 0.717) is 37.0 Å². The van der Waals surface area contributed by atoms with Crippen LogP contribution in [-0.4, -0.2) is 32.2 Å². The SMILES string of the molecule is O=C(Nc1cccc(Cl)c1N1CCOCC1)c1cccc(F)c1. The smallest absolute Gasteiger partial charge is 0.255 e. The van der Waals surface area contributed by atoms with Gasteiger partial charge in [0.1, 0.15) is 5.82 Å². The van der Waals surface area contributed by atoms with Crippen molar-refractivity contribution in [1.29, 1.82) is 0 Å². The molecule has 1 aliphatic heterocycles. The molecule has 0 unspecified atom stereocenters. The highest BCUT2D eigenvalue weighted by atomic mass is 35.5. The van der Waals surface area contributed by atoms with E-state index in [9.17, 15) is 9.18 Å². The van der Waals surface area contributed by atoms with Gasteiger partial charge in [0.25, 0.3) is 5.91 Å². The Hall–Kier alpha value is -2.11. The summed E-state index contributed by atoms with van der Waals surface area (Å²) in [5, 5.41) is 3.38. The summed E-state index contributed by atoms with van der Waals surface area (Å²) in [6, 6.07) is 10.9. The maximum Gasteiger partial charge on any atom is 0.255 e. The van der Waals surface area contributed by atoms with E-state index < -0.39 is 5.82 Å². The third-order valence-corrected chi connectivity index (χ3v) is 3.95. The normalized spacial score (nSPS) is 14.6. The Morgan fingerprint density at radius 2 is 1.91 bits per heavy atom. The fraction of sp³-hybridized carbons (Fsp3) is 0.235. The van der Waals surface area contributed by atoms with E-state index >= 15 is 0 Å². The average Bonchev–Trinajstić information content (AvgIpc) is 2.56. The molecule has 0 aromatic heterocycles. The zero-order chi connectivity index (χ0) is 16.2. The summed E-state index contributed by atoms with van der Waals surface area (Å²) < 4.78 is 18.6. The summed E-state index contributed by atoms with van der Waals surface area (Å²) in [6.45, 7) is 2.63. The van der Waals surface area contributed by atoms with Gasteiger partial charge in [-0.1, -0.05) is 23.7 Å². The van der Waals surface area contributed by atoms with Gasteiger partial charge in [0, 0.05) is 18.7 Å². The molecule has 4 nitrogen and oxygen atoms in total. The Kier molecular flexibility index (Phi) is 4.79. The van der Waals surface area contributed by atoms with Crippen LogP contribution in [0.4, 0.5) is 15.8 Å². The number of nitrogens with one attached hydrogen (secondary N) is 1. The van der Waals surface area contributed by atoms with Gasteiger partial charge < -0.3 is 15.0 Å². The third-order valence-electron chi connectivity index (χ3n) is 3.65. The van der Waals surface area contributed by atoms with Gasteiger partial charge in [0.15, 0.2) is 0 Å². The lowest BCUT2D eigenvalue weighted by Crippen LogP contribution is -2.37. The molecule has 0 saturated carbocycles. The number of rotatable bonds is 3. The standard InChI is InChI=1S/C17H16ClFN2O2/c18-14-5-2-6-15(16(14)21-7-9-23-10-8-21)20-17(22)12-3-1-4-13(19)11-12/h1-6,11H,7-10H2,(H,20,22). The van der Waals surface area contributed by atoms with Crippen molar-refractivity contribution in [3.05, 3.63) is 58.9 Å². The summed E-state index contributed by atoms with van der Waals surface area (Å²) >= 11 is 6.32. The fourth-order valence-corrected chi connectivity index (χ4v) is 2.84. The molecule has 120 valence electrons. The summed E-state index contributed by atoms with van der Waals surface area (Å²) in [5.41, 5.74) is 1.63. The van der Waals surface area contributed by atoms with E-state index in [1.807, 2.05) is 0 Å². The molecule has 0 radical (unpaired) electrons. The minimum absolute atomic E-state index is 0.262. The quantitative estimate of drug-likeness (QED) is 0.933. The molecule has 1 heterocycles. The maximum absolute atomic E-state index is 13.3. The van der Waals surface area contributed by atoms with Crippen molar-refractivity contribution in [2.24, 2.45) is 0 Å². The van der Waals surface area contributed by atoms with Crippen molar-refractivity contribution >= 4 is 28.9 Å². The molecule has 23 heavy (non-hydrogen) atoms. The van der Waals surface area contributed by atoms with Crippen LogP contribution in [0.25, 0.3) is 0 Å². The zero-order valence-electron chi connectivity index (χ0n) is 12.4. The first-order valence-electron chi connectivity index (χ1n) is 7.33. The minimum atomic E-state index is -0.447. The Morgan fingerprint density at radius 1 is 1.17 bits per heavy atom. The Balaban J connectivity index is 1.87. The van der Waals surface area contributed by atoms with Crippen molar-refractivity contribution < 1.29 is 13.9 Å². The third kappa shape index (κ3) is 3.63. The molecular formula is C17H16ClFN2O2. The summed E-state index contributed by atoms with van der Waals surface area (Å²) in [7, 11) is 0. The molecule has 1 aliphatic rings. The van der Waals surface area contributed by atoms with Gasteiger partial charge in [0.05, 0.1) is 29.6 Å². The predicted molar refractivity (Wildman–Crippen MR) is 88.8 cm³/mol. The van der Waals surface area contributed by atoms with Gasteiger partial charge in [-0.25, -0.2) is 4.39 Å². The molecular weight excluding hydrogens is 319 g/mol. The van der Waals surface area contributed by atoms with Gasteiger partial charge >= 0.3 is 0 Å². The molecule has 0 atom stereocenters. The van der Waals surface area contributed by atoms with Crippen molar-refractivity contribution in [3.8, 4) is 0 Å². The Bertz CT molecular complexity index is 717. The molecule has 1 saturated heterocycles. The monoisotopic (exact) mass is 334 g/mol. The molecule has 3 rings (SSSR count). The number of carbonyl (C=O) groups is 1. The first-order chi connectivity index (χ1) is 11.1. The van der Waals surface area contributed by atoms with Gasteiger partial charge in [-0.05, 0) is 30.3 Å². The van der Waals surface area contributed by atoms with Crippen molar-refractivity contribution in [2.75, 3.05) is 36.5 Å². The molecule has 0 spiro atoms. The van der Waals surface area contributed by atoms with E-state index in [-0.39, 0.29) is 11.5 Å². The molecule has 1 fully saturated rings. The Labute approximate surface area is 138 Å². The van der Waals surface area contributed by atoms with Crippen LogP contribution in [0.5, 0.6) is 0 Å². The number of para-hydroxylation sites is 1. The van der Waals surface area contributed by atoms with Crippen molar-refractivity contribution in [3.63, 3.8) is 0 Å². The summed E-state index contributed by atoms with van der Waals surface area (Å²) in [4.78, 5) is 14.4. The number of morpholine rings is 1. The van der Waals surface area contributed by atoms with Crippen LogP contribution in [0.1, 0.15) is 10.4 Å². The number of hydrogen-bond donors (Lipinski definition) is 1. The summed E-state index contributed by atoms with van der Waals surface area (Å²) in [5.74, 6) is -0.821. The highest BCUT2D eigenvalue weighted by Gasteiger charge is 2.19. The molecule has 6 heteroatoms. The second-order valence-corrected chi connectivity index (χ2v) is 5.61. The Morgan fingerprint density at radius 3 is 2.65 bits per heavy atom. The number of ether oxygens (including phenoxy) is 1. The largest absolute Gasteiger partial charge is 0.378 e. The number of carbonyl (C=O) groups excluding carboxylic acids is 1. The summed E-state index contributed by atoms with van der Waals surface area (Å²) in [6.07, 6.45) is 0. The highest BCUT2D eigenvalue weighted by Crippen LogP contribution is 2.34. The van der Waals surface area contributed by atoms with Crippen molar-refractivity contribution in [1.82, 2.24) is 0 Å². The van der Waals surface area contributed by atoms with Crippen LogP contribution in [0.2, 0.25) is 5.02 Å². The number of anilines is 2. The molecule has 1 N–H and O–H groups in total. The van der Waals surface area contributed by atoms with E-state index in [1.165, 1.54) is 18.2 Å².